The Bertz CT molecular complexity index is 837. The lowest BCUT2D eigenvalue weighted by molar-refractivity contribution is -0.0808. The van der Waals surface area contributed by atoms with Gasteiger partial charge in [0, 0.05) is 18.0 Å². The molecule has 2 aromatic rings. The Hall–Kier alpha value is -3.05. The second-order valence-electron chi connectivity index (χ2n) is 5.17. The minimum atomic E-state index is -0.721. The van der Waals surface area contributed by atoms with Crippen LogP contribution in [-0.2, 0) is 9.47 Å². The van der Waals surface area contributed by atoms with Crippen molar-refractivity contribution in [1.82, 2.24) is 4.57 Å². The average Bonchev–Trinajstić information content (AvgIpc) is 2.87. The summed E-state index contributed by atoms with van der Waals surface area (Å²) in [5.74, 6) is -1.23. The summed E-state index contributed by atoms with van der Waals surface area (Å²) >= 11 is 0. The lowest BCUT2D eigenvalue weighted by Crippen LogP contribution is -2.38. The van der Waals surface area contributed by atoms with Crippen molar-refractivity contribution >= 4 is 11.7 Å². The zero-order valence-corrected chi connectivity index (χ0v) is 12.8. The summed E-state index contributed by atoms with van der Waals surface area (Å²) in [5.41, 5.74) is 6.18. The molecule has 1 aromatic carbocycles. The number of aromatic nitrogens is 1. The Morgan fingerprint density at radius 1 is 1.50 bits per heavy atom. The van der Waals surface area contributed by atoms with Crippen molar-refractivity contribution in [3.63, 3.8) is 0 Å². The molecule has 0 aliphatic carbocycles. The van der Waals surface area contributed by atoms with Gasteiger partial charge >= 0.3 is 5.97 Å². The SMILES string of the molecule is COC(=O)c1c(N)c(C#N)cn1-c1ccc(OC2COC2)c(F)c1. The molecule has 0 radical (unpaired) electrons. The second-order valence-corrected chi connectivity index (χ2v) is 5.17. The molecule has 24 heavy (non-hydrogen) atoms. The fourth-order valence-electron chi connectivity index (χ4n) is 2.32. The molecule has 1 saturated heterocycles. The highest BCUT2D eigenvalue weighted by Crippen LogP contribution is 2.28. The first-order valence-corrected chi connectivity index (χ1v) is 7.08. The van der Waals surface area contributed by atoms with Crippen molar-refractivity contribution in [3.05, 3.63) is 41.5 Å². The average molecular weight is 331 g/mol. The molecule has 1 fully saturated rings. The molecule has 7 nitrogen and oxygen atoms in total. The van der Waals surface area contributed by atoms with E-state index in [1.54, 1.807) is 6.07 Å². The maximum absolute atomic E-state index is 14.3. The van der Waals surface area contributed by atoms with E-state index in [1.165, 1.54) is 30.0 Å². The summed E-state index contributed by atoms with van der Waals surface area (Å²) in [6, 6.07) is 6.09. The molecule has 2 N–H and O–H groups in total. The molecule has 0 bridgehead atoms. The van der Waals surface area contributed by atoms with Gasteiger partial charge in [-0.2, -0.15) is 5.26 Å². The summed E-state index contributed by atoms with van der Waals surface area (Å²) in [6.07, 6.45) is 1.19. The van der Waals surface area contributed by atoms with Gasteiger partial charge in [0.05, 0.1) is 31.6 Å². The van der Waals surface area contributed by atoms with Crippen LogP contribution in [0.25, 0.3) is 5.69 Å². The number of nitriles is 1. The lowest BCUT2D eigenvalue weighted by Gasteiger charge is -2.26. The topological polar surface area (TPSA) is 99.5 Å². The molecule has 0 atom stereocenters. The molecule has 0 saturated carbocycles. The number of rotatable bonds is 4. The summed E-state index contributed by atoms with van der Waals surface area (Å²) in [6.45, 7) is 0.848. The lowest BCUT2D eigenvalue weighted by atomic mass is 10.2. The van der Waals surface area contributed by atoms with Crippen LogP contribution >= 0.6 is 0 Å². The highest BCUT2D eigenvalue weighted by molar-refractivity contribution is 5.95. The van der Waals surface area contributed by atoms with Gasteiger partial charge in [-0.15, -0.1) is 0 Å². The summed E-state index contributed by atoms with van der Waals surface area (Å²) in [4.78, 5) is 11.9. The molecule has 1 aliphatic heterocycles. The fourth-order valence-corrected chi connectivity index (χ4v) is 2.32. The Kier molecular flexibility index (Phi) is 4.10. The van der Waals surface area contributed by atoms with E-state index in [0.717, 1.165) is 0 Å². The van der Waals surface area contributed by atoms with Crippen molar-refractivity contribution in [2.45, 2.75) is 6.10 Å². The smallest absolute Gasteiger partial charge is 0.357 e. The van der Waals surface area contributed by atoms with E-state index in [2.05, 4.69) is 4.74 Å². The number of ether oxygens (including phenoxy) is 3. The molecular formula is C16H14FN3O4. The summed E-state index contributed by atoms with van der Waals surface area (Å²) < 4.78 is 30.7. The number of esters is 1. The Morgan fingerprint density at radius 3 is 2.79 bits per heavy atom. The van der Waals surface area contributed by atoms with Gasteiger partial charge in [-0.05, 0) is 12.1 Å². The van der Waals surface area contributed by atoms with Crippen LogP contribution in [0.1, 0.15) is 16.1 Å². The number of hydrogen-bond donors (Lipinski definition) is 1. The van der Waals surface area contributed by atoms with E-state index in [4.69, 9.17) is 20.5 Å². The van der Waals surface area contributed by atoms with Gasteiger partial charge in [-0.1, -0.05) is 0 Å². The van der Waals surface area contributed by atoms with Gasteiger partial charge in [0.15, 0.2) is 17.3 Å². The van der Waals surface area contributed by atoms with Crippen LogP contribution in [0, 0.1) is 17.1 Å². The normalized spacial score (nSPS) is 13.9. The van der Waals surface area contributed by atoms with Crippen molar-refractivity contribution < 1.29 is 23.4 Å². The fraction of sp³-hybridized carbons (Fsp3) is 0.250. The van der Waals surface area contributed by atoms with Crippen LogP contribution < -0.4 is 10.5 Å². The number of nitrogen functional groups attached to an aromatic ring is 1. The van der Waals surface area contributed by atoms with E-state index in [-0.39, 0.29) is 28.8 Å². The Balaban J connectivity index is 2.01. The third kappa shape index (κ3) is 2.66. The largest absolute Gasteiger partial charge is 0.483 e. The third-order valence-corrected chi connectivity index (χ3v) is 3.64. The highest BCUT2D eigenvalue weighted by Gasteiger charge is 2.24. The zero-order chi connectivity index (χ0) is 17.3. The third-order valence-electron chi connectivity index (χ3n) is 3.64. The Labute approximate surface area is 136 Å². The monoisotopic (exact) mass is 331 g/mol. The number of anilines is 1. The van der Waals surface area contributed by atoms with Crippen LogP contribution in [0.3, 0.4) is 0 Å². The Morgan fingerprint density at radius 2 is 2.25 bits per heavy atom. The van der Waals surface area contributed by atoms with Crippen LogP contribution in [0.5, 0.6) is 5.75 Å². The number of halogens is 1. The quantitative estimate of drug-likeness (QED) is 0.855. The van der Waals surface area contributed by atoms with Gasteiger partial charge in [-0.3, -0.25) is 0 Å². The molecule has 0 amide bonds. The molecular weight excluding hydrogens is 317 g/mol. The molecule has 8 heteroatoms. The van der Waals surface area contributed by atoms with Crippen LogP contribution in [0.15, 0.2) is 24.4 Å². The first-order valence-electron chi connectivity index (χ1n) is 7.08. The predicted octanol–water partition coefficient (Wildman–Crippen LogP) is 1.63. The zero-order valence-electron chi connectivity index (χ0n) is 12.8. The minimum absolute atomic E-state index is 0.0169. The molecule has 0 spiro atoms. The molecule has 2 heterocycles. The molecule has 3 rings (SSSR count). The van der Waals surface area contributed by atoms with Crippen molar-refractivity contribution in [1.29, 1.82) is 5.26 Å². The summed E-state index contributed by atoms with van der Waals surface area (Å²) in [5, 5.41) is 9.09. The molecule has 1 aromatic heterocycles. The van der Waals surface area contributed by atoms with Gasteiger partial charge in [-0.25, -0.2) is 9.18 Å². The van der Waals surface area contributed by atoms with Crippen molar-refractivity contribution in [2.75, 3.05) is 26.1 Å². The van der Waals surface area contributed by atoms with Gasteiger partial charge in [0.25, 0.3) is 0 Å². The molecule has 0 unspecified atom stereocenters. The minimum Gasteiger partial charge on any atom is -0.483 e. The predicted molar refractivity (Wildman–Crippen MR) is 81.4 cm³/mol. The van der Waals surface area contributed by atoms with Gasteiger partial charge in [0.1, 0.15) is 12.2 Å². The van der Waals surface area contributed by atoms with E-state index < -0.39 is 11.8 Å². The first kappa shape index (κ1) is 15.8. The van der Waals surface area contributed by atoms with E-state index >= 15 is 0 Å². The van der Waals surface area contributed by atoms with E-state index in [9.17, 15) is 9.18 Å². The van der Waals surface area contributed by atoms with Crippen molar-refractivity contribution in [2.24, 2.45) is 0 Å². The van der Waals surface area contributed by atoms with Crippen LogP contribution in [0.2, 0.25) is 0 Å². The summed E-state index contributed by atoms with van der Waals surface area (Å²) in [7, 11) is 1.20. The standard InChI is InChI=1S/C16H14FN3O4/c1-22-16(21)15-14(19)9(5-18)6-20(15)10-2-3-13(12(17)4-10)24-11-7-23-8-11/h2-4,6,11H,7-8,19H2,1H3. The number of hydrogen-bond acceptors (Lipinski definition) is 6. The number of carbonyl (C=O) groups excluding carboxylic acids is 1. The molecule has 124 valence electrons. The number of benzene rings is 1. The van der Waals surface area contributed by atoms with E-state index in [1.807, 2.05) is 6.07 Å². The van der Waals surface area contributed by atoms with E-state index in [0.29, 0.717) is 18.9 Å². The van der Waals surface area contributed by atoms with Crippen LogP contribution in [-0.4, -0.2) is 37.0 Å². The number of nitrogens with two attached hydrogens (primary N) is 1. The van der Waals surface area contributed by atoms with Gasteiger partial charge < -0.3 is 24.5 Å². The van der Waals surface area contributed by atoms with Crippen LogP contribution in [0.4, 0.5) is 10.1 Å². The number of carbonyl (C=O) groups is 1. The maximum Gasteiger partial charge on any atom is 0.357 e. The van der Waals surface area contributed by atoms with Crippen molar-refractivity contribution in [3.8, 4) is 17.5 Å². The maximum atomic E-state index is 14.3. The second kappa shape index (κ2) is 6.22. The first-order chi connectivity index (χ1) is 11.5. The number of nitrogens with zero attached hydrogens (tertiary/aromatic N) is 2. The highest BCUT2D eigenvalue weighted by atomic mass is 19.1. The number of methoxy groups -OCH3 is 1. The molecule has 1 aliphatic rings. The van der Waals surface area contributed by atoms with Gasteiger partial charge in [0.2, 0.25) is 0 Å².